The first-order valence-electron chi connectivity index (χ1n) is 6.17. The van der Waals surface area contributed by atoms with E-state index in [2.05, 4.69) is 4.90 Å². The van der Waals surface area contributed by atoms with Crippen molar-refractivity contribution in [2.24, 2.45) is 0 Å². The average molecular weight is 249 g/mol. The van der Waals surface area contributed by atoms with Crippen molar-refractivity contribution in [3.8, 4) is 0 Å². The molecular formula is C14H16FNO2. The Morgan fingerprint density at radius 1 is 1.28 bits per heavy atom. The van der Waals surface area contributed by atoms with Gasteiger partial charge < -0.3 is 14.4 Å². The third-order valence-electron chi connectivity index (χ3n) is 3.75. The molecule has 4 heteroatoms. The second-order valence-electron chi connectivity index (χ2n) is 5.13. The summed E-state index contributed by atoms with van der Waals surface area (Å²) >= 11 is 0. The summed E-state index contributed by atoms with van der Waals surface area (Å²) in [5.41, 5.74) is -0.291. The molecule has 1 aliphatic heterocycles. The van der Waals surface area contributed by atoms with Crippen molar-refractivity contribution in [2.45, 2.75) is 18.4 Å². The summed E-state index contributed by atoms with van der Waals surface area (Å²) in [4.78, 5) is 2.18. The van der Waals surface area contributed by atoms with E-state index in [4.69, 9.17) is 4.42 Å². The van der Waals surface area contributed by atoms with Crippen LogP contribution in [-0.2, 0) is 5.60 Å². The lowest BCUT2D eigenvalue weighted by molar-refractivity contribution is -0.0360. The molecule has 0 aliphatic carbocycles. The third-order valence-corrected chi connectivity index (χ3v) is 3.75. The van der Waals surface area contributed by atoms with Gasteiger partial charge in [-0.25, -0.2) is 4.39 Å². The second-order valence-corrected chi connectivity index (χ2v) is 5.13. The average Bonchev–Trinajstić information content (AvgIpc) is 2.77. The topological polar surface area (TPSA) is 36.6 Å². The molecule has 18 heavy (non-hydrogen) atoms. The van der Waals surface area contributed by atoms with E-state index >= 15 is 0 Å². The Bertz CT molecular complexity index is 570. The first-order chi connectivity index (χ1) is 8.57. The molecule has 2 aromatic rings. The lowest BCUT2D eigenvalue weighted by Crippen LogP contribution is -2.40. The molecule has 1 aliphatic rings. The molecule has 3 rings (SSSR count). The third kappa shape index (κ3) is 1.91. The van der Waals surface area contributed by atoms with Gasteiger partial charge in [0.15, 0.2) is 0 Å². The van der Waals surface area contributed by atoms with Gasteiger partial charge in [-0.1, -0.05) is 0 Å². The molecule has 1 fully saturated rings. The van der Waals surface area contributed by atoms with Crippen molar-refractivity contribution in [1.29, 1.82) is 0 Å². The molecule has 96 valence electrons. The molecule has 0 amide bonds. The number of benzene rings is 1. The van der Waals surface area contributed by atoms with E-state index in [1.807, 2.05) is 7.05 Å². The smallest absolute Gasteiger partial charge is 0.136 e. The van der Waals surface area contributed by atoms with Crippen molar-refractivity contribution >= 4 is 11.0 Å². The summed E-state index contributed by atoms with van der Waals surface area (Å²) in [5.74, 6) is 0.265. The van der Waals surface area contributed by atoms with E-state index in [-0.39, 0.29) is 5.82 Å². The minimum Gasteiger partial charge on any atom is -0.458 e. The van der Waals surface area contributed by atoms with Crippen molar-refractivity contribution in [2.75, 3.05) is 20.1 Å². The molecule has 3 nitrogen and oxygen atoms in total. The molecule has 1 aromatic heterocycles. The van der Waals surface area contributed by atoms with Crippen LogP contribution < -0.4 is 0 Å². The van der Waals surface area contributed by atoms with E-state index in [0.717, 1.165) is 13.1 Å². The number of furan rings is 1. The lowest BCUT2D eigenvalue weighted by atomic mass is 9.89. The van der Waals surface area contributed by atoms with E-state index in [9.17, 15) is 9.50 Å². The van der Waals surface area contributed by atoms with E-state index in [1.54, 1.807) is 12.1 Å². The Kier molecular flexibility index (Phi) is 2.64. The number of likely N-dealkylation sites (tertiary alicyclic amines) is 1. The summed E-state index contributed by atoms with van der Waals surface area (Å²) < 4.78 is 18.8. The van der Waals surface area contributed by atoms with Crippen molar-refractivity contribution < 1.29 is 13.9 Å². The highest BCUT2D eigenvalue weighted by Gasteiger charge is 2.36. The Labute approximate surface area is 105 Å². The van der Waals surface area contributed by atoms with E-state index < -0.39 is 5.60 Å². The standard InChI is InChI=1S/C14H16FNO2/c1-16-6-4-14(17,5-7-16)13-9-10-8-11(15)2-3-12(10)18-13/h2-3,8-9,17H,4-7H2,1H3. The highest BCUT2D eigenvalue weighted by atomic mass is 19.1. The normalized spacial score (nSPS) is 20.4. The summed E-state index contributed by atoms with van der Waals surface area (Å²) in [6.07, 6.45) is 1.29. The van der Waals surface area contributed by atoms with Crippen LogP contribution in [0.25, 0.3) is 11.0 Å². The van der Waals surface area contributed by atoms with Crippen LogP contribution in [0.1, 0.15) is 18.6 Å². The molecule has 2 heterocycles. The van der Waals surface area contributed by atoms with E-state index in [0.29, 0.717) is 29.6 Å². The number of halogens is 1. The number of rotatable bonds is 1. The quantitative estimate of drug-likeness (QED) is 0.843. The molecule has 1 N–H and O–H groups in total. The van der Waals surface area contributed by atoms with E-state index in [1.165, 1.54) is 12.1 Å². The number of fused-ring (bicyclic) bond motifs is 1. The maximum Gasteiger partial charge on any atom is 0.136 e. The lowest BCUT2D eigenvalue weighted by Gasteiger charge is -2.34. The molecule has 1 saturated heterocycles. The molecule has 1 aromatic carbocycles. The maximum atomic E-state index is 13.1. The summed E-state index contributed by atoms with van der Waals surface area (Å²) in [7, 11) is 2.04. The Morgan fingerprint density at radius 2 is 2.00 bits per heavy atom. The Balaban J connectivity index is 1.98. The highest BCUT2D eigenvalue weighted by Crippen LogP contribution is 2.35. The van der Waals surface area contributed by atoms with Gasteiger partial charge in [-0.2, -0.15) is 0 Å². The molecule has 0 saturated carbocycles. The Hall–Kier alpha value is -1.39. The van der Waals surface area contributed by atoms with Crippen LogP contribution in [0.15, 0.2) is 28.7 Å². The summed E-state index contributed by atoms with van der Waals surface area (Å²) in [6, 6.07) is 6.16. The van der Waals surface area contributed by atoms with Gasteiger partial charge in [0.05, 0.1) is 0 Å². The summed E-state index contributed by atoms with van der Waals surface area (Å²) in [6.45, 7) is 1.67. The zero-order chi connectivity index (χ0) is 12.8. The predicted molar refractivity (Wildman–Crippen MR) is 66.8 cm³/mol. The minimum atomic E-state index is -0.915. The molecule has 0 bridgehead atoms. The molecule has 0 atom stereocenters. The van der Waals surface area contributed by atoms with Crippen LogP contribution in [0.2, 0.25) is 0 Å². The van der Waals surface area contributed by atoms with Crippen molar-refractivity contribution in [3.05, 3.63) is 35.8 Å². The van der Waals surface area contributed by atoms with Crippen LogP contribution in [0.4, 0.5) is 4.39 Å². The van der Waals surface area contributed by atoms with Crippen LogP contribution in [0.5, 0.6) is 0 Å². The van der Waals surface area contributed by atoms with Crippen LogP contribution >= 0.6 is 0 Å². The maximum absolute atomic E-state index is 13.1. The number of hydrogen-bond acceptors (Lipinski definition) is 3. The predicted octanol–water partition coefficient (Wildman–Crippen LogP) is 2.49. The first-order valence-corrected chi connectivity index (χ1v) is 6.17. The zero-order valence-electron chi connectivity index (χ0n) is 10.3. The van der Waals surface area contributed by atoms with Crippen LogP contribution in [0.3, 0.4) is 0 Å². The van der Waals surface area contributed by atoms with Gasteiger partial charge >= 0.3 is 0 Å². The molecule has 0 spiro atoms. The number of piperidine rings is 1. The SMILES string of the molecule is CN1CCC(O)(c2cc3cc(F)ccc3o2)CC1. The molecule has 0 radical (unpaired) electrons. The first kappa shape index (κ1) is 11.7. The monoisotopic (exact) mass is 249 g/mol. The number of hydrogen-bond donors (Lipinski definition) is 1. The zero-order valence-corrected chi connectivity index (χ0v) is 10.3. The number of nitrogens with zero attached hydrogens (tertiary/aromatic N) is 1. The van der Waals surface area contributed by atoms with Gasteiger partial charge in [0, 0.05) is 18.5 Å². The fourth-order valence-electron chi connectivity index (χ4n) is 2.48. The summed E-state index contributed by atoms with van der Waals surface area (Å²) in [5, 5.41) is 11.3. The fraction of sp³-hybridized carbons (Fsp3) is 0.429. The van der Waals surface area contributed by atoms with Gasteiger partial charge in [-0.15, -0.1) is 0 Å². The van der Waals surface area contributed by atoms with Gasteiger partial charge in [0.2, 0.25) is 0 Å². The van der Waals surface area contributed by atoms with Gasteiger partial charge in [-0.05, 0) is 44.2 Å². The fourth-order valence-corrected chi connectivity index (χ4v) is 2.48. The minimum absolute atomic E-state index is 0.287. The Morgan fingerprint density at radius 3 is 2.72 bits per heavy atom. The second kappa shape index (κ2) is 4.07. The highest BCUT2D eigenvalue weighted by molar-refractivity contribution is 5.78. The van der Waals surface area contributed by atoms with Crippen LogP contribution in [0, 0.1) is 5.82 Å². The largest absolute Gasteiger partial charge is 0.458 e. The van der Waals surface area contributed by atoms with Gasteiger partial charge in [0.25, 0.3) is 0 Å². The van der Waals surface area contributed by atoms with Crippen molar-refractivity contribution in [1.82, 2.24) is 4.90 Å². The van der Waals surface area contributed by atoms with Gasteiger partial charge in [0.1, 0.15) is 22.8 Å². The molecule has 0 unspecified atom stereocenters. The van der Waals surface area contributed by atoms with Crippen molar-refractivity contribution in [3.63, 3.8) is 0 Å². The molecular weight excluding hydrogens is 233 g/mol. The van der Waals surface area contributed by atoms with Gasteiger partial charge in [-0.3, -0.25) is 0 Å². The number of aliphatic hydroxyl groups is 1. The van der Waals surface area contributed by atoms with Crippen LogP contribution in [-0.4, -0.2) is 30.1 Å².